The molecular formula is C23H40NO4. The smallest absolute Gasteiger partial charge is 0.314 e. The van der Waals surface area contributed by atoms with Gasteiger partial charge in [0, 0.05) is 13.0 Å². The number of carbonyl (C=O) groups is 2. The van der Waals surface area contributed by atoms with Crippen molar-refractivity contribution in [3.63, 3.8) is 0 Å². The molecule has 5 heteroatoms. The molecule has 0 spiro atoms. The normalized spacial score (nSPS) is 12.2. The van der Waals surface area contributed by atoms with Gasteiger partial charge in [0.2, 0.25) is 12.2 Å². The van der Waals surface area contributed by atoms with E-state index in [4.69, 9.17) is 5.11 Å². The molecular weight excluding hydrogens is 354 g/mol. The second-order valence-corrected chi connectivity index (χ2v) is 7.48. The van der Waals surface area contributed by atoms with Crippen LogP contribution in [0.4, 0.5) is 0 Å². The third-order valence-electron chi connectivity index (χ3n) is 4.86. The van der Waals surface area contributed by atoms with Crippen LogP contribution in [0.1, 0.15) is 103 Å². The lowest BCUT2D eigenvalue weighted by molar-refractivity contribution is -0.139. The van der Waals surface area contributed by atoms with Crippen molar-refractivity contribution in [3.05, 3.63) is 12.2 Å². The summed E-state index contributed by atoms with van der Waals surface area (Å²) < 4.78 is 0. The highest BCUT2D eigenvalue weighted by Crippen LogP contribution is 2.10. The number of nitrogens with one attached hydrogen (secondary N) is 1. The van der Waals surface area contributed by atoms with Gasteiger partial charge in [-0.2, -0.15) is 0 Å². The molecule has 5 nitrogen and oxygen atoms in total. The molecule has 0 aromatic rings. The summed E-state index contributed by atoms with van der Waals surface area (Å²) in [6, 6.07) is 0. The van der Waals surface area contributed by atoms with E-state index in [-0.39, 0.29) is 18.9 Å². The van der Waals surface area contributed by atoms with Gasteiger partial charge in [0.1, 0.15) is 5.92 Å². The van der Waals surface area contributed by atoms with E-state index >= 15 is 0 Å². The molecule has 1 unspecified atom stereocenters. The van der Waals surface area contributed by atoms with Crippen LogP contribution in [0.25, 0.3) is 0 Å². The van der Waals surface area contributed by atoms with Crippen molar-refractivity contribution in [1.29, 1.82) is 0 Å². The van der Waals surface area contributed by atoms with Crippen LogP contribution < -0.4 is 5.32 Å². The molecule has 161 valence electrons. The fourth-order valence-electron chi connectivity index (χ4n) is 3.03. The molecule has 0 aliphatic heterocycles. The summed E-state index contributed by atoms with van der Waals surface area (Å²) in [5.41, 5.74) is 0. The molecule has 0 saturated heterocycles. The standard InChI is InChI=1S/C23H40NO4/c1-2-3-4-5-6-7-8-9-10-11-12-13-14-15-16-17-22(26)24-19-18-21(20-25)23(27)28/h9-10,21H,2-8,11-19H2,1H3,(H,24,26)(H,27,28)/b10-9-. The maximum atomic E-state index is 11.7. The first-order valence-corrected chi connectivity index (χ1v) is 11.1. The van der Waals surface area contributed by atoms with Gasteiger partial charge in [0.15, 0.2) is 0 Å². The summed E-state index contributed by atoms with van der Waals surface area (Å²) in [7, 11) is 0. The van der Waals surface area contributed by atoms with Crippen molar-refractivity contribution < 1.29 is 19.5 Å². The van der Waals surface area contributed by atoms with Crippen LogP contribution in [0.2, 0.25) is 0 Å². The van der Waals surface area contributed by atoms with E-state index in [0.29, 0.717) is 6.42 Å². The van der Waals surface area contributed by atoms with Crippen molar-refractivity contribution >= 4 is 18.2 Å². The zero-order chi connectivity index (χ0) is 20.9. The molecule has 1 atom stereocenters. The highest BCUT2D eigenvalue weighted by Gasteiger charge is 2.16. The number of hydrogen-bond acceptors (Lipinski definition) is 3. The largest absolute Gasteiger partial charge is 0.481 e. The second kappa shape index (κ2) is 20.1. The van der Waals surface area contributed by atoms with Gasteiger partial charge in [-0.05, 0) is 38.5 Å². The van der Waals surface area contributed by atoms with Crippen molar-refractivity contribution in [2.24, 2.45) is 5.92 Å². The quantitative estimate of drug-likeness (QED) is 0.166. The third-order valence-corrected chi connectivity index (χ3v) is 4.86. The number of hydrogen-bond donors (Lipinski definition) is 2. The zero-order valence-corrected chi connectivity index (χ0v) is 17.7. The fraction of sp³-hybridized carbons (Fsp3) is 0.783. The third kappa shape index (κ3) is 17.7. The number of amides is 1. The molecule has 0 aromatic carbocycles. The first-order chi connectivity index (χ1) is 13.6. The van der Waals surface area contributed by atoms with Crippen molar-refractivity contribution in [2.75, 3.05) is 6.54 Å². The van der Waals surface area contributed by atoms with Crippen LogP contribution in [0.5, 0.6) is 0 Å². The first-order valence-electron chi connectivity index (χ1n) is 11.1. The van der Waals surface area contributed by atoms with Gasteiger partial charge in [-0.3, -0.25) is 14.4 Å². The fourth-order valence-corrected chi connectivity index (χ4v) is 3.03. The van der Waals surface area contributed by atoms with Gasteiger partial charge in [-0.15, -0.1) is 0 Å². The summed E-state index contributed by atoms with van der Waals surface area (Å²) in [5.74, 6) is -2.42. The molecule has 0 saturated carbocycles. The van der Waals surface area contributed by atoms with Crippen LogP contribution in [0, 0.1) is 5.92 Å². The Bertz CT molecular complexity index is 434. The molecule has 0 heterocycles. The topological polar surface area (TPSA) is 83.5 Å². The van der Waals surface area contributed by atoms with Crippen LogP contribution >= 0.6 is 0 Å². The average molecular weight is 395 g/mol. The lowest BCUT2D eigenvalue weighted by atomic mass is 10.1. The van der Waals surface area contributed by atoms with E-state index in [1.807, 2.05) is 0 Å². The van der Waals surface area contributed by atoms with Gasteiger partial charge in [0.25, 0.3) is 0 Å². The molecule has 0 rings (SSSR count). The average Bonchev–Trinajstić information content (AvgIpc) is 2.68. The predicted octanol–water partition coefficient (Wildman–Crippen LogP) is 5.34. The van der Waals surface area contributed by atoms with E-state index in [0.717, 1.165) is 25.7 Å². The summed E-state index contributed by atoms with van der Waals surface area (Å²) >= 11 is 0. The van der Waals surface area contributed by atoms with Crippen LogP contribution in [0.15, 0.2) is 12.2 Å². The molecule has 0 aromatic heterocycles. The molecule has 2 N–H and O–H groups in total. The van der Waals surface area contributed by atoms with E-state index in [9.17, 15) is 14.4 Å². The Morgan fingerprint density at radius 1 is 0.893 bits per heavy atom. The van der Waals surface area contributed by atoms with Gasteiger partial charge >= 0.3 is 5.97 Å². The lowest BCUT2D eigenvalue weighted by Gasteiger charge is -2.06. The Kier molecular flexibility index (Phi) is 18.9. The Labute approximate surface area is 171 Å². The van der Waals surface area contributed by atoms with Crippen molar-refractivity contribution in [3.8, 4) is 0 Å². The number of carboxylic acid groups (broad SMARTS) is 1. The predicted molar refractivity (Wildman–Crippen MR) is 114 cm³/mol. The minimum absolute atomic E-state index is 0.0762. The number of carbonyl (C=O) groups excluding carboxylic acids is 2. The molecule has 28 heavy (non-hydrogen) atoms. The second-order valence-electron chi connectivity index (χ2n) is 7.48. The summed E-state index contributed by atoms with van der Waals surface area (Å²) in [4.78, 5) is 32.7. The van der Waals surface area contributed by atoms with Gasteiger partial charge in [-0.1, -0.05) is 70.4 Å². The number of allylic oxidation sites excluding steroid dienone is 2. The van der Waals surface area contributed by atoms with E-state index in [1.165, 1.54) is 64.1 Å². The van der Waals surface area contributed by atoms with Crippen LogP contribution in [0.3, 0.4) is 0 Å². The van der Waals surface area contributed by atoms with E-state index in [1.54, 1.807) is 0 Å². The first kappa shape index (κ1) is 26.4. The number of unbranched alkanes of at least 4 members (excludes halogenated alkanes) is 11. The van der Waals surface area contributed by atoms with Crippen molar-refractivity contribution in [1.82, 2.24) is 5.32 Å². The Hall–Kier alpha value is -1.65. The minimum Gasteiger partial charge on any atom is -0.481 e. The highest BCUT2D eigenvalue weighted by molar-refractivity contribution is 5.86. The Morgan fingerprint density at radius 2 is 1.43 bits per heavy atom. The maximum absolute atomic E-state index is 11.7. The Morgan fingerprint density at radius 3 is 1.96 bits per heavy atom. The monoisotopic (exact) mass is 394 g/mol. The van der Waals surface area contributed by atoms with E-state index in [2.05, 4.69) is 24.4 Å². The number of aliphatic carboxylic acids is 1. The summed E-state index contributed by atoms with van der Waals surface area (Å²) in [6.45, 7) is 2.45. The van der Waals surface area contributed by atoms with E-state index < -0.39 is 11.9 Å². The zero-order valence-electron chi connectivity index (χ0n) is 17.7. The molecule has 0 bridgehead atoms. The van der Waals surface area contributed by atoms with Crippen LogP contribution in [-0.4, -0.2) is 29.8 Å². The van der Waals surface area contributed by atoms with Crippen molar-refractivity contribution in [2.45, 2.75) is 103 Å². The van der Waals surface area contributed by atoms with Crippen LogP contribution in [-0.2, 0) is 14.4 Å². The minimum atomic E-state index is -1.19. The maximum Gasteiger partial charge on any atom is 0.314 e. The highest BCUT2D eigenvalue weighted by atomic mass is 16.4. The molecule has 0 fully saturated rings. The lowest BCUT2D eigenvalue weighted by Crippen LogP contribution is -2.28. The van der Waals surface area contributed by atoms with Gasteiger partial charge in [0.05, 0.1) is 0 Å². The number of rotatable bonds is 20. The SMILES string of the molecule is CCCCCCCC/C=C\CCCCCCCC(=O)NCCC([C]=O)C(=O)O. The van der Waals surface area contributed by atoms with Gasteiger partial charge < -0.3 is 10.4 Å². The summed E-state index contributed by atoms with van der Waals surface area (Å²) in [5, 5.41) is 11.4. The summed E-state index contributed by atoms with van der Waals surface area (Å²) in [6.07, 6.45) is 22.5. The number of carboxylic acids is 1. The molecule has 1 amide bonds. The molecule has 1 radical (unpaired) electrons. The van der Waals surface area contributed by atoms with Gasteiger partial charge in [-0.25, -0.2) is 0 Å². The Balaban J connectivity index is 3.36. The molecule has 0 aliphatic rings. The molecule has 0 aliphatic carbocycles.